The summed E-state index contributed by atoms with van der Waals surface area (Å²) in [4.78, 5) is 2.74. The summed E-state index contributed by atoms with van der Waals surface area (Å²) in [5.41, 5.74) is 6.88. The maximum absolute atomic E-state index is 5.49. The maximum atomic E-state index is 5.49. The molecule has 1 aromatic rings. The van der Waals surface area contributed by atoms with Crippen molar-refractivity contribution in [3.63, 3.8) is 0 Å². The summed E-state index contributed by atoms with van der Waals surface area (Å²) in [5.74, 6) is 0. The molecule has 0 aliphatic heterocycles. The fourth-order valence-corrected chi connectivity index (χ4v) is 3.00. The van der Waals surface area contributed by atoms with Crippen molar-refractivity contribution < 1.29 is 0 Å². The Kier molecular flexibility index (Phi) is 3.10. The van der Waals surface area contributed by atoms with Crippen LogP contribution in [0.1, 0.15) is 15.3 Å². The Morgan fingerprint density at radius 3 is 2.36 bits per heavy atom. The number of hydrogen-bond acceptors (Lipinski definition) is 2. The molecule has 0 aromatic carbocycles. The van der Waals surface area contributed by atoms with Crippen LogP contribution in [0.25, 0.3) is 0 Å². The highest BCUT2D eigenvalue weighted by atomic mass is 79.9. The molecule has 0 saturated carbocycles. The lowest BCUT2D eigenvalue weighted by Crippen LogP contribution is -2.03. The standard InChI is InChI=1S/C8H12BrNS/c1-5-7(3-4-10)8(9)6(2)11-5/h3-4,10H2,1-2H3. The summed E-state index contributed by atoms with van der Waals surface area (Å²) >= 11 is 5.39. The first-order valence-corrected chi connectivity index (χ1v) is 5.22. The SMILES string of the molecule is Cc1sc(C)c(CCN)c1Br. The van der Waals surface area contributed by atoms with Gasteiger partial charge in [-0.05, 0) is 48.3 Å². The topological polar surface area (TPSA) is 26.0 Å². The first-order chi connectivity index (χ1) is 5.16. The van der Waals surface area contributed by atoms with E-state index < -0.39 is 0 Å². The summed E-state index contributed by atoms with van der Waals surface area (Å²) in [6, 6.07) is 0. The number of rotatable bonds is 2. The Labute approximate surface area is 79.7 Å². The van der Waals surface area contributed by atoms with Crippen LogP contribution in [-0.2, 0) is 6.42 Å². The van der Waals surface area contributed by atoms with Gasteiger partial charge in [-0.3, -0.25) is 0 Å². The molecule has 0 aliphatic rings. The molecule has 3 heteroatoms. The molecule has 2 N–H and O–H groups in total. The fourth-order valence-electron chi connectivity index (χ4n) is 1.13. The van der Waals surface area contributed by atoms with E-state index in [4.69, 9.17) is 5.73 Å². The number of hydrogen-bond donors (Lipinski definition) is 1. The molecule has 0 amide bonds. The van der Waals surface area contributed by atoms with Crippen molar-refractivity contribution in [3.8, 4) is 0 Å². The summed E-state index contributed by atoms with van der Waals surface area (Å²) in [6.45, 7) is 5.00. The van der Waals surface area contributed by atoms with E-state index in [0.717, 1.165) is 13.0 Å². The molecular weight excluding hydrogens is 222 g/mol. The highest BCUT2D eigenvalue weighted by Crippen LogP contribution is 2.31. The minimum absolute atomic E-state index is 0.732. The average molecular weight is 234 g/mol. The molecule has 0 saturated heterocycles. The van der Waals surface area contributed by atoms with E-state index in [1.165, 1.54) is 19.8 Å². The van der Waals surface area contributed by atoms with E-state index in [2.05, 4.69) is 29.8 Å². The van der Waals surface area contributed by atoms with Gasteiger partial charge in [-0.1, -0.05) is 0 Å². The van der Waals surface area contributed by atoms with E-state index >= 15 is 0 Å². The lowest BCUT2D eigenvalue weighted by molar-refractivity contribution is 0.960. The number of nitrogens with two attached hydrogens (primary N) is 1. The molecule has 0 radical (unpaired) electrons. The van der Waals surface area contributed by atoms with Gasteiger partial charge in [-0.2, -0.15) is 0 Å². The number of aryl methyl sites for hydroxylation is 2. The number of halogens is 1. The van der Waals surface area contributed by atoms with Crippen molar-refractivity contribution in [1.82, 2.24) is 0 Å². The molecule has 1 nitrogen and oxygen atoms in total. The Balaban J connectivity index is 3.02. The lowest BCUT2D eigenvalue weighted by Gasteiger charge is -1.96. The predicted molar refractivity (Wildman–Crippen MR) is 54.3 cm³/mol. The zero-order valence-corrected chi connectivity index (χ0v) is 9.18. The normalized spacial score (nSPS) is 10.5. The van der Waals surface area contributed by atoms with Crippen LogP contribution >= 0.6 is 27.3 Å². The summed E-state index contributed by atoms with van der Waals surface area (Å²) in [6.07, 6.45) is 0.983. The smallest absolute Gasteiger partial charge is 0.0346 e. The van der Waals surface area contributed by atoms with Crippen LogP contribution in [0.2, 0.25) is 0 Å². The molecule has 0 atom stereocenters. The van der Waals surface area contributed by atoms with Gasteiger partial charge in [0.25, 0.3) is 0 Å². The van der Waals surface area contributed by atoms with Crippen LogP contribution < -0.4 is 5.73 Å². The van der Waals surface area contributed by atoms with E-state index in [1.54, 1.807) is 0 Å². The quantitative estimate of drug-likeness (QED) is 0.836. The number of thiophene rings is 1. The van der Waals surface area contributed by atoms with Gasteiger partial charge < -0.3 is 5.73 Å². The molecule has 1 heterocycles. The van der Waals surface area contributed by atoms with Crippen LogP contribution in [0.5, 0.6) is 0 Å². The highest BCUT2D eigenvalue weighted by molar-refractivity contribution is 9.10. The minimum atomic E-state index is 0.732. The van der Waals surface area contributed by atoms with Gasteiger partial charge in [0.15, 0.2) is 0 Å². The Morgan fingerprint density at radius 1 is 1.36 bits per heavy atom. The monoisotopic (exact) mass is 233 g/mol. The minimum Gasteiger partial charge on any atom is -0.330 e. The van der Waals surface area contributed by atoms with Gasteiger partial charge in [0.2, 0.25) is 0 Å². The van der Waals surface area contributed by atoms with E-state index in [9.17, 15) is 0 Å². The highest BCUT2D eigenvalue weighted by Gasteiger charge is 2.08. The van der Waals surface area contributed by atoms with Gasteiger partial charge >= 0.3 is 0 Å². The molecule has 62 valence electrons. The Bertz CT molecular complexity index is 255. The van der Waals surface area contributed by atoms with Crippen molar-refractivity contribution in [2.45, 2.75) is 20.3 Å². The molecule has 11 heavy (non-hydrogen) atoms. The van der Waals surface area contributed by atoms with E-state index in [0.29, 0.717) is 0 Å². The summed E-state index contributed by atoms with van der Waals surface area (Å²) < 4.78 is 1.26. The van der Waals surface area contributed by atoms with Crippen LogP contribution in [0.3, 0.4) is 0 Å². The van der Waals surface area contributed by atoms with Gasteiger partial charge in [0, 0.05) is 14.2 Å². The van der Waals surface area contributed by atoms with Crippen LogP contribution in [0.15, 0.2) is 4.47 Å². The molecular formula is C8H12BrNS. The second-order valence-corrected chi connectivity index (χ2v) is 4.77. The van der Waals surface area contributed by atoms with Crippen molar-refractivity contribution in [2.75, 3.05) is 6.54 Å². The maximum Gasteiger partial charge on any atom is 0.0346 e. The molecule has 0 unspecified atom stereocenters. The van der Waals surface area contributed by atoms with E-state index in [1.807, 2.05) is 11.3 Å². The van der Waals surface area contributed by atoms with Crippen molar-refractivity contribution in [1.29, 1.82) is 0 Å². The second kappa shape index (κ2) is 3.70. The lowest BCUT2D eigenvalue weighted by atomic mass is 10.2. The van der Waals surface area contributed by atoms with E-state index in [-0.39, 0.29) is 0 Å². The molecule has 0 fully saturated rings. The van der Waals surface area contributed by atoms with Gasteiger partial charge in [-0.25, -0.2) is 0 Å². The van der Waals surface area contributed by atoms with Crippen molar-refractivity contribution in [2.24, 2.45) is 5.73 Å². The third-order valence-corrected chi connectivity index (χ3v) is 4.10. The zero-order valence-electron chi connectivity index (χ0n) is 6.78. The first-order valence-electron chi connectivity index (χ1n) is 3.61. The molecule has 0 bridgehead atoms. The Hall–Kier alpha value is 0.140. The van der Waals surface area contributed by atoms with Crippen LogP contribution in [0, 0.1) is 13.8 Å². The summed E-state index contributed by atoms with van der Waals surface area (Å²) in [7, 11) is 0. The largest absolute Gasteiger partial charge is 0.330 e. The molecule has 0 spiro atoms. The van der Waals surface area contributed by atoms with Crippen molar-refractivity contribution in [3.05, 3.63) is 19.8 Å². The fraction of sp³-hybridized carbons (Fsp3) is 0.500. The first kappa shape index (κ1) is 9.23. The Morgan fingerprint density at radius 2 is 2.00 bits per heavy atom. The third-order valence-electron chi connectivity index (χ3n) is 1.70. The second-order valence-electron chi connectivity index (χ2n) is 2.55. The molecule has 1 rings (SSSR count). The van der Waals surface area contributed by atoms with Crippen LogP contribution in [-0.4, -0.2) is 6.54 Å². The van der Waals surface area contributed by atoms with Crippen LogP contribution in [0.4, 0.5) is 0 Å². The van der Waals surface area contributed by atoms with Gasteiger partial charge in [0.1, 0.15) is 0 Å². The molecule has 0 aliphatic carbocycles. The molecule has 1 aromatic heterocycles. The summed E-state index contributed by atoms with van der Waals surface area (Å²) in [5, 5.41) is 0. The van der Waals surface area contributed by atoms with Gasteiger partial charge in [-0.15, -0.1) is 11.3 Å². The average Bonchev–Trinajstić information content (AvgIpc) is 2.17. The zero-order chi connectivity index (χ0) is 8.43. The third kappa shape index (κ3) is 1.83. The predicted octanol–water partition coefficient (Wildman–Crippen LogP) is 2.63. The van der Waals surface area contributed by atoms with Crippen molar-refractivity contribution >= 4 is 27.3 Å². The van der Waals surface area contributed by atoms with Gasteiger partial charge in [0.05, 0.1) is 0 Å².